The first-order chi connectivity index (χ1) is 2.81. The molecule has 0 aliphatic carbocycles. The molecule has 0 saturated heterocycles. The van der Waals surface area contributed by atoms with E-state index >= 15 is 0 Å². The molecule has 2 heteroatoms. The summed E-state index contributed by atoms with van der Waals surface area (Å²) in [5.41, 5.74) is 0. The lowest BCUT2D eigenvalue weighted by molar-refractivity contribution is 0.607. The fourth-order valence-corrected chi connectivity index (χ4v) is 0.144. The molecular formula is C4H7OS+. The van der Waals surface area contributed by atoms with Crippen molar-refractivity contribution in [2.24, 2.45) is 0 Å². The van der Waals surface area contributed by atoms with Crippen LogP contribution in [0, 0.1) is 0 Å². The van der Waals surface area contributed by atoms with E-state index in [-0.39, 0.29) is 0 Å². The number of hydrogen-bond donors (Lipinski definition) is 0. The summed E-state index contributed by atoms with van der Waals surface area (Å²) in [5, 5.41) is 0. The zero-order valence-corrected chi connectivity index (χ0v) is 4.71. The van der Waals surface area contributed by atoms with Crippen LogP contribution >= 0.6 is 0 Å². The van der Waals surface area contributed by atoms with Crippen LogP contribution in [0.4, 0.5) is 0 Å². The summed E-state index contributed by atoms with van der Waals surface area (Å²) in [7, 11) is 0. The predicted molar refractivity (Wildman–Crippen MR) is 27.5 cm³/mol. The lowest BCUT2D eigenvalue weighted by Gasteiger charge is -1.54. The molecule has 0 aliphatic rings. The van der Waals surface area contributed by atoms with Crippen molar-refractivity contribution >= 4 is 11.7 Å². The molecular weight excluding hydrogens is 96.1 g/mol. The maximum Gasteiger partial charge on any atom is 0.499 e. The standard InChI is InChI=1S/C4H7OS/c1-3-4(2)6-5/h3H,1-2H3/q+1/b4-3+. The summed E-state index contributed by atoms with van der Waals surface area (Å²) >= 11 is 0.536. The van der Waals surface area contributed by atoms with E-state index in [0.29, 0.717) is 11.7 Å². The first-order valence-electron chi connectivity index (χ1n) is 1.74. The van der Waals surface area contributed by atoms with Crippen LogP contribution in [0.3, 0.4) is 0 Å². The maximum absolute atomic E-state index is 9.71. The second-order valence-corrected chi connectivity index (χ2v) is 1.79. The van der Waals surface area contributed by atoms with E-state index in [1.54, 1.807) is 13.0 Å². The van der Waals surface area contributed by atoms with Crippen LogP contribution in [0.2, 0.25) is 0 Å². The first kappa shape index (κ1) is 5.76. The summed E-state index contributed by atoms with van der Waals surface area (Å²) in [6.07, 6.45) is 1.79. The highest BCUT2D eigenvalue weighted by Crippen LogP contribution is 1.84. The van der Waals surface area contributed by atoms with E-state index < -0.39 is 0 Å². The van der Waals surface area contributed by atoms with Crippen molar-refractivity contribution in [3.8, 4) is 0 Å². The summed E-state index contributed by atoms with van der Waals surface area (Å²) in [6, 6.07) is 0. The fraction of sp³-hybridized carbons (Fsp3) is 0.500. The zero-order chi connectivity index (χ0) is 4.99. The van der Waals surface area contributed by atoms with Gasteiger partial charge in [-0.3, -0.25) is 0 Å². The molecule has 0 aromatic carbocycles. The zero-order valence-electron chi connectivity index (χ0n) is 3.89. The molecule has 0 aliphatic heterocycles. The Kier molecular flexibility index (Phi) is 2.85. The average molecular weight is 103 g/mol. The van der Waals surface area contributed by atoms with Gasteiger partial charge in [0.2, 0.25) is 0 Å². The lowest BCUT2D eigenvalue weighted by Crippen LogP contribution is -1.61. The predicted octanol–water partition coefficient (Wildman–Crippen LogP) is 1.34. The highest BCUT2D eigenvalue weighted by Gasteiger charge is 1.95. The molecule has 0 radical (unpaired) electrons. The minimum atomic E-state index is 0.536. The van der Waals surface area contributed by atoms with Gasteiger partial charge >= 0.3 is 11.7 Å². The van der Waals surface area contributed by atoms with Crippen molar-refractivity contribution in [3.63, 3.8) is 0 Å². The molecule has 0 amide bonds. The smallest absolute Gasteiger partial charge is 0.0413 e. The van der Waals surface area contributed by atoms with E-state index in [0.717, 1.165) is 4.91 Å². The molecule has 0 saturated carbocycles. The van der Waals surface area contributed by atoms with Crippen molar-refractivity contribution in [2.75, 3.05) is 0 Å². The lowest BCUT2D eigenvalue weighted by atomic mass is 10.6. The number of hydrogen-bond acceptors (Lipinski definition) is 1. The van der Waals surface area contributed by atoms with Crippen LogP contribution < -0.4 is 0 Å². The molecule has 0 atom stereocenters. The van der Waals surface area contributed by atoms with Gasteiger partial charge in [0.05, 0.1) is 0 Å². The van der Waals surface area contributed by atoms with Gasteiger partial charge in [0.15, 0.2) is 0 Å². The van der Waals surface area contributed by atoms with Crippen molar-refractivity contribution in [1.82, 2.24) is 0 Å². The third-order valence-electron chi connectivity index (χ3n) is 0.538. The summed E-state index contributed by atoms with van der Waals surface area (Å²) in [5.74, 6) is 0. The van der Waals surface area contributed by atoms with Gasteiger partial charge in [0.25, 0.3) is 4.91 Å². The summed E-state index contributed by atoms with van der Waals surface area (Å²) in [4.78, 5) is 0.829. The van der Waals surface area contributed by atoms with E-state index in [1.807, 2.05) is 6.92 Å². The van der Waals surface area contributed by atoms with Crippen molar-refractivity contribution in [3.05, 3.63) is 11.0 Å². The molecule has 0 bridgehead atoms. The van der Waals surface area contributed by atoms with Crippen molar-refractivity contribution in [2.45, 2.75) is 13.8 Å². The van der Waals surface area contributed by atoms with E-state index in [2.05, 4.69) is 0 Å². The van der Waals surface area contributed by atoms with Gasteiger partial charge in [-0.2, -0.15) is 0 Å². The minimum Gasteiger partial charge on any atom is -0.0413 e. The molecule has 0 unspecified atom stereocenters. The summed E-state index contributed by atoms with van der Waals surface area (Å²) in [6.45, 7) is 3.64. The number of rotatable bonds is 1. The van der Waals surface area contributed by atoms with Crippen LogP contribution in [0.5, 0.6) is 0 Å². The molecule has 0 spiro atoms. The largest absolute Gasteiger partial charge is 0.499 e. The highest BCUT2D eigenvalue weighted by molar-refractivity contribution is 7.70. The van der Waals surface area contributed by atoms with E-state index in [9.17, 15) is 4.21 Å². The Morgan fingerprint density at radius 2 is 2.33 bits per heavy atom. The van der Waals surface area contributed by atoms with Gasteiger partial charge in [-0.1, -0.05) is 0 Å². The van der Waals surface area contributed by atoms with Gasteiger partial charge < -0.3 is 0 Å². The second kappa shape index (κ2) is 2.97. The van der Waals surface area contributed by atoms with Gasteiger partial charge in [-0.25, -0.2) is 0 Å². The Bertz CT molecular complexity index is 75.6. The quantitative estimate of drug-likeness (QED) is 0.458. The molecule has 1 nitrogen and oxygen atoms in total. The first-order valence-corrected chi connectivity index (χ1v) is 2.48. The Morgan fingerprint density at radius 1 is 1.83 bits per heavy atom. The van der Waals surface area contributed by atoms with E-state index in [4.69, 9.17) is 0 Å². The fourth-order valence-electron chi connectivity index (χ4n) is 0.0481. The Hall–Kier alpha value is -0.240. The van der Waals surface area contributed by atoms with Gasteiger partial charge in [0.1, 0.15) is 0 Å². The van der Waals surface area contributed by atoms with Crippen molar-refractivity contribution in [1.29, 1.82) is 0 Å². The van der Waals surface area contributed by atoms with Crippen LogP contribution in [0.25, 0.3) is 0 Å². The van der Waals surface area contributed by atoms with Gasteiger partial charge in [-0.05, 0) is 13.0 Å². The highest BCUT2D eigenvalue weighted by atomic mass is 32.1. The van der Waals surface area contributed by atoms with E-state index in [1.165, 1.54) is 0 Å². The Morgan fingerprint density at radius 3 is 2.33 bits per heavy atom. The summed E-state index contributed by atoms with van der Waals surface area (Å²) < 4.78 is 9.71. The average Bonchev–Trinajstić information content (AvgIpc) is 1.65. The Labute approximate surface area is 41.6 Å². The Balaban J connectivity index is 3.50. The van der Waals surface area contributed by atoms with Crippen molar-refractivity contribution < 1.29 is 4.21 Å². The SMILES string of the molecule is C/C=C(\C)[S+]=O. The van der Waals surface area contributed by atoms with Gasteiger partial charge in [0, 0.05) is 11.1 Å². The van der Waals surface area contributed by atoms with Crippen LogP contribution in [0.1, 0.15) is 13.8 Å². The molecule has 0 aromatic rings. The maximum atomic E-state index is 9.71. The third-order valence-corrected chi connectivity index (χ3v) is 1.04. The van der Waals surface area contributed by atoms with Crippen LogP contribution in [-0.4, -0.2) is 0 Å². The molecule has 0 fully saturated rings. The number of allylic oxidation sites excluding steroid dienone is 2. The molecule has 0 heterocycles. The molecule has 34 valence electrons. The van der Waals surface area contributed by atoms with Crippen LogP contribution in [0.15, 0.2) is 11.0 Å². The third kappa shape index (κ3) is 2.03. The topological polar surface area (TPSA) is 17.1 Å². The van der Waals surface area contributed by atoms with Gasteiger partial charge in [-0.15, -0.1) is 0 Å². The normalized spacial score (nSPS) is 11.3. The van der Waals surface area contributed by atoms with Crippen LogP contribution in [-0.2, 0) is 15.9 Å². The second-order valence-electron chi connectivity index (χ2n) is 0.983. The molecule has 6 heavy (non-hydrogen) atoms. The minimum absolute atomic E-state index is 0.536. The molecule has 0 aromatic heterocycles. The molecule has 0 N–H and O–H groups in total. The molecule has 0 rings (SSSR count). The monoisotopic (exact) mass is 103 g/mol.